The highest BCUT2D eigenvalue weighted by atomic mass is 16.5. The summed E-state index contributed by atoms with van der Waals surface area (Å²) in [7, 11) is 0. The van der Waals surface area contributed by atoms with Crippen LogP contribution in [0.15, 0.2) is 23.2 Å². The SMILES string of the molecule is CCOc1ccc(OCC)c(NC(N)=NCCCN2CCCCCC2=O)c1. The third-order valence-corrected chi connectivity index (χ3v) is 4.36. The lowest BCUT2D eigenvalue weighted by atomic mass is 10.2. The minimum absolute atomic E-state index is 0.261. The molecule has 7 heteroatoms. The van der Waals surface area contributed by atoms with E-state index in [2.05, 4.69) is 10.3 Å². The molecule has 150 valence electrons. The number of anilines is 1. The molecule has 1 amide bonds. The van der Waals surface area contributed by atoms with Crippen LogP contribution in [0.5, 0.6) is 11.5 Å². The van der Waals surface area contributed by atoms with Crippen molar-refractivity contribution in [1.82, 2.24) is 4.90 Å². The molecule has 1 fully saturated rings. The number of aliphatic imine (C=N–C) groups is 1. The van der Waals surface area contributed by atoms with E-state index in [4.69, 9.17) is 15.2 Å². The number of hydrogen-bond acceptors (Lipinski definition) is 4. The van der Waals surface area contributed by atoms with Crippen molar-refractivity contribution in [3.05, 3.63) is 18.2 Å². The zero-order valence-corrected chi connectivity index (χ0v) is 16.5. The molecule has 3 N–H and O–H groups in total. The Labute approximate surface area is 161 Å². The fraction of sp³-hybridized carbons (Fsp3) is 0.600. The first-order valence-corrected chi connectivity index (χ1v) is 9.88. The number of guanidine groups is 1. The van der Waals surface area contributed by atoms with Gasteiger partial charge in [-0.2, -0.15) is 0 Å². The van der Waals surface area contributed by atoms with E-state index in [1.54, 1.807) is 0 Å². The second-order valence-corrected chi connectivity index (χ2v) is 6.46. The maximum absolute atomic E-state index is 12.0. The van der Waals surface area contributed by atoms with Crippen LogP contribution in [-0.4, -0.2) is 49.6 Å². The van der Waals surface area contributed by atoms with Gasteiger partial charge in [0.15, 0.2) is 5.96 Å². The lowest BCUT2D eigenvalue weighted by Crippen LogP contribution is -2.31. The van der Waals surface area contributed by atoms with E-state index in [-0.39, 0.29) is 5.91 Å². The number of hydrogen-bond donors (Lipinski definition) is 2. The first-order valence-electron chi connectivity index (χ1n) is 9.88. The standard InChI is InChI=1S/C20H32N4O3/c1-3-26-16-10-11-18(27-4-2)17(15-16)23-20(21)22-12-8-14-24-13-7-5-6-9-19(24)25/h10-11,15H,3-9,12-14H2,1-2H3,(H3,21,22,23). The van der Waals surface area contributed by atoms with E-state index in [9.17, 15) is 4.79 Å². The number of nitrogens with one attached hydrogen (secondary N) is 1. The summed E-state index contributed by atoms with van der Waals surface area (Å²) in [6.45, 7) is 7.18. The molecule has 1 saturated heterocycles. The minimum atomic E-state index is 0.261. The lowest BCUT2D eigenvalue weighted by Gasteiger charge is -2.19. The molecule has 0 atom stereocenters. The summed E-state index contributed by atoms with van der Waals surface area (Å²) < 4.78 is 11.2. The highest BCUT2D eigenvalue weighted by Crippen LogP contribution is 2.29. The highest BCUT2D eigenvalue weighted by molar-refractivity contribution is 5.94. The third kappa shape index (κ3) is 7.00. The number of rotatable bonds is 9. The molecule has 1 heterocycles. The second kappa shape index (κ2) is 11.3. The molecule has 27 heavy (non-hydrogen) atoms. The quantitative estimate of drug-likeness (QED) is 0.393. The molecule has 0 saturated carbocycles. The van der Waals surface area contributed by atoms with Gasteiger partial charge in [-0.15, -0.1) is 0 Å². The molecule has 0 unspecified atom stereocenters. The summed E-state index contributed by atoms with van der Waals surface area (Å²) in [6, 6.07) is 5.58. The van der Waals surface area contributed by atoms with Gasteiger partial charge in [0, 0.05) is 32.1 Å². The van der Waals surface area contributed by atoms with Gasteiger partial charge in [0.25, 0.3) is 0 Å². The van der Waals surface area contributed by atoms with Crippen LogP contribution in [0.2, 0.25) is 0 Å². The molecule has 1 aliphatic heterocycles. The van der Waals surface area contributed by atoms with Gasteiger partial charge in [-0.1, -0.05) is 6.42 Å². The summed E-state index contributed by atoms with van der Waals surface area (Å²) >= 11 is 0. The molecule has 7 nitrogen and oxygen atoms in total. The van der Waals surface area contributed by atoms with Crippen LogP contribution >= 0.6 is 0 Å². The summed E-state index contributed by atoms with van der Waals surface area (Å²) in [6.07, 6.45) is 4.71. The maximum atomic E-state index is 12.0. The average molecular weight is 377 g/mol. The maximum Gasteiger partial charge on any atom is 0.222 e. The van der Waals surface area contributed by atoms with E-state index in [1.165, 1.54) is 0 Å². The Balaban J connectivity index is 1.88. The number of ether oxygens (including phenoxy) is 2. The van der Waals surface area contributed by atoms with Crippen molar-refractivity contribution in [3.8, 4) is 11.5 Å². The molecule has 0 aromatic heterocycles. The van der Waals surface area contributed by atoms with Crippen LogP contribution in [0, 0.1) is 0 Å². The first kappa shape index (κ1) is 20.9. The van der Waals surface area contributed by atoms with Gasteiger partial charge in [0.1, 0.15) is 11.5 Å². The molecule has 1 aromatic carbocycles. The van der Waals surface area contributed by atoms with Crippen molar-refractivity contribution in [2.75, 3.05) is 38.2 Å². The minimum Gasteiger partial charge on any atom is -0.494 e. The number of nitrogens with two attached hydrogens (primary N) is 1. The van der Waals surface area contributed by atoms with Gasteiger partial charge in [0.05, 0.1) is 18.9 Å². The number of carbonyl (C=O) groups is 1. The molecule has 1 aliphatic rings. The average Bonchev–Trinajstić information content (AvgIpc) is 2.85. The first-order chi connectivity index (χ1) is 13.1. The van der Waals surface area contributed by atoms with Crippen LogP contribution < -0.4 is 20.5 Å². The van der Waals surface area contributed by atoms with Crippen molar-refractivity contribution in [2.24, 2.45) is 10.7 Å². The Bertz CT molecular complexity index is 634. The van der Waals surface area contributed by atoms with Crippen molar-refractivity contribution >= 4 is 17.6 Å². The van der Waals surface area contributed by atoms with E-state index < -0.39 is 0 Å². The van der Waals surface area contributed by atoms with Crippen molar-refractivity contribution < 1.29 is 14.3 Å². The molecule has 0 spiro atoms. The van der Waals surface area contributed by atoms with Gasteiger partial charge in [-0.3, -0.25) is 9.79 Å². The zero-order valence-electron chi connectivity index (χ0n) is 16.5. The lowest BCUT2D eigenvalue weighted by molar-refractivity contribution is -0.130. The Morgan fingerprint density at radius 1 is 1.22 bits per heavy atom. The Hall–Kier alpha value is -2.44. The summed E-state index contributed by atoms with van der Waals surface area (Å²) in [4.78, 5) is 18.3. The van der Waals surface area contributed by atoms with Gasteiger partial charge >= 0.3 is 0 Å². The molecule has 1 aromatic rings. The fourth-order valence-corrected chi connectivity index (χ4v) is 3.06. The Morgan fingerprint density at radius 2 is 2.04 bits per heavy atom. The molecule has 2 rings (SSSR count). The molecule has 0 radical (unpaired) electrons. The van der Waals surface area contributed by atoms with E-state index in [0.717, 1.165) is 50.2 Å². The third-order valence-electron chi connectivity index (χ3n) is 4.36. The normalized spacial score (nSPS) is 15.4. The predicted octanol–water partition coefficient (Wildman–Crippen LogP) is 3.00. The molecule has 0 bridgehead atoms. The number of carbonyl (C=O) groups excluding carboxylic acids is 1. The van der Waals surface area contributed by atoms with Crippen LogP contribution in [0.1, 0.15) is 46.0 Å². The predicted molar refractivity (Wildman–Crippen MR) is 109 cm³/mol. The summed E-state index contributed by atoms with van der Waals surface area (Å²) in [5.41, 5.74) is 6.76. The van der Waals surface area contributed by atoms with Gasteiger partial charge in [-0.25, -0.2) is 0 Å². The van der Waals surface area contributed by atoms with Gasteiger partial charge in [0.2, 0.25) is 5.91 Å². The van der Waals surface area contributed by atoms with Crippen molar-refractivity contribution in [3.63, 3.8) is 0 Å². The van der Waals surface area contributed by atoms with Crippen molar-refractivity contribution in [1.29, 1.82) is 0 Å². The zero-order chi connectivity index (χ0) is 19.5. The Morgan fingerprint density at radius 3 is 2.81 bits per heavy atom. The van der Waals surface area contributed by atoms with Crippen LogP contribution in [-0.2, 0) is 4.79 Å². The summed E-state index contributed by atoms with van der Waals surface area (Å²) in [5.74, 6) is 2.04. The van der Waals surface area contributed by atoms with E-state index >= 15 is 0 Å². The highest BCUT2D eigenvalue weighted by Gasteiger charge is 2.15. The summed E-state index contributed by atoms with van der Waals surface area (Å²) in [5, 5.41) is 3.09. The van der Waals surface area contributed by atoms with Crippen LogP contribution in [0.25, 0.3) is 0 Å². The van der Waals surface area contributed by atoms with Gasteiger partial charge < -0.3 is 25.4 Å². The monoisotopic (exact) mass is 376 g/mol. The van der Waals surface area contributed by atoms with Gasteiger partial charge in [-0.05, 0) is 45.2 Å². The number of nitrogens with zero attached hydrogens (tertiary/aromatic N) is 2. The van der Waals surface area contributed by atoms with E-state index in [0.29, 0.717) is 37.9 Å². The molecular formula is C20H32N4O3. The smallest absolute Gasteiger partial charge is 0.222 e. The fourth-order valence-electron chi connectivity index (χ4n) is 3.06. The van der Waals surface area contributed by atoms with Crippen molar-refractivity contribution in [2.45, 2.75) is 46.0 Å². The topological polar surface area (TPSA) is 89.2 Å². The van der Waals surface area contributed by atoms with E-state index in [1.807, 2.05) is 36.9 Å². The van der Waals surface area contributed by atoms with Crippen LogP contribution in [0.3, 0.4) is 0 Å². The number of benzene rings is 1. The molecular weight excluding hydrogens is 344 g/mol. The second-order valence-electron chi connectivity index (χ2n) is 6.46. The largest absolute Gasteiger partial charge is 0.494 e. The van der Waals surface area contributed by atoms with Crippen LogP contribution in [0.4, 0.5) is 5.69 Å². The Kier molecular flexibility index (Phi) is 8.74. The number of likely N-dealkylation sites (tertiary alicyclic amines) is 1. The molecule has 0 aliphatic carbocycles. The number of amides is 1.